The third kappa shape index (κ3) is 4.91. The highest BCUT2D eigenvalue weighted by molar-refractivity contribution is 9.10. The molecule has 0 saturated heterocycles. The van der Waals surface area contributed by atoms with Gasteiger partial charge < -0.3 is 10.1 Å². The molecule has 1 aromatic carbocycles. The van der Waals surface area contributed by atoms with Crippen molar-refractivity contribution in [1.82, 2.24) is 5.32 Å². The van der Waals surface area contributed by atoms with E-state index in [9.17, 15) is 17.6 Å². The van der Waals surface area contributed by atoms with Crippen molar-refractivity contribution in [3.8, 4) is 0 Å². The predicted molar refractivity (Wildman–Crippen MR) is 80.6 cm³/mol. The van der Waals surface area contributed by atoms with Crippen molar-refractivity contribution >= 4 is 41.6 Å². The molecule has 0 fully saturated rings. The average molecular weight is 403 g/mol. The first-order valence-corrected chi connectivity index (χ1v) is 8.85. The molecule has 1 amide bonds. The summed E-state index contributed by atoms with van der Waals surface area (Å²) in [7, 11) is 2.35. The number of hydrogen-bond acceptors (Lipinski definition) is 4. The van der Waals surface area contributed by atoms with E-state index in [0.717, 1.165) is 12.1 Å². The van der Waals surface area contributed by atoms with Crippen LogP contribution in [0, 0.1) is 5.82 Å². The van der Waals surface area contributed by atoms with Crippen molar-refractivity contribution in [3.63, 3.8) is 0 Å². The minimum Gasteiger partial charge on any atom is -0.377 e. The fourth-order valence-electron chi connectivity index (χ4n) is 1.35. The van der Waals surface area contributed by atoms with Gasteiger partial charge >= 0.3 is 0 Å². The summed E-state index contributed by atoms with van der Waals surface area (Å²) < 4.78 is 41.4. The summed E-state index contributed by atoms with van der Waals surface area (Å²) >= 11 is 3.02. The Bertz CT molecular complexity index is 663. The number of ether oxygens (including phenoxy) is 1. The molecular weight excluding hydrogens is 389 g/mol. The first-order valence-electron chi connectivity index (χ1n) is 5.75. The third-order valence-electron chi connectivity index (χ3n) is 2.76. The first-order chi connectivity index (χ1) is 9.48. The quantitative estimate of drug-likeness (QED) is 0.769. The second-order valence-electron chi connectivity index (χ2n) is 4.85. The lowest BCUT2D eigenvalue weighted by molar-refractivity contribution is 0.0228. The number of carbonyl (C=O) groups excluding carboxylic acids is 1. The van der Waals surface area contributed by atoms with Gasteiger partial charge in [0.25, 0.3) is 15.0 Å². The Morgan fingerprint density at radius 3 is 2.52 bits per heavy atom. The van der Waals surface area contributed by atoms with Gasteiger partial charge in [-0.15, -0.1) is 0 Å². The lowest BCUT2D eigenvalue weighted by Crippen LogP contribution is -2.39. The fourth-order valence-corrected chi connectivity index (χ4v) is 2.75. The molecule has 1 N–H and O–H groups in total. The Morgan fingerprint density at radius 1 is 1.48 bits per heavy atom. The molecule has 0 aromatic heterocycles. The summed E-state index contributed by atoms with van der Waals surface area (Å²) in [6.45, 7) is 3.72. The third-order valence-corrected chi connectivity index (χ3v) is 4.75. The van der Waals surface area contributed by atoms with Crippen LogP contribution in [0.4, 0.5) is 4.39 Å². The van der Waals surface area contributed by atoms with E-state index in [4.69, 9.17) is 15.4 Å². The zero-order chi connectivity index (χ0) is 16.4. The zero-order valence-electron chi connectivity index (χ0n) is 11.5. The van der Waals surface area contributed by atoms with Crippen LogP contribution in [0.2, 0.25) is 0 Å². The molecule has 0 aliphatic heterocycles. The largest absolute Gasteiger partial charge is 0.377 e. The van der Waals surface area contributed by atoms with Crippen LogP contribution in [-0.2, 0) is 13.8 Å². The van der Waals surface area contributed by atoms with E-state index < -0.39 is 31.3 Å². The van der Waals surface area contributed by atoms with Gasteiger partial charge in [-0.1, -0.05) is 0 Å². The van der Waals surface area contributed by atoms with Crippen LogP contribution >= 0.6 is 26.6 Å². The van der Waals surface area contributed by atoms with Crippen molar-refractivity contribution in [2.24, 2.45) is 0 Å². The van der Waals surface area contributed by atoms with E-state index in [2.05, 4.69) is 21.2 Å². The smallest absolute Gasteiger partial charge is 0.264 e. The highest BCUT2D eigenvalue weighted by atomic mass is 79.9. The second kappa shape index (κ2) is 6.60. The summed E-state index contributed by atoms with van der Waals surface area (Å²) in [5, 5.41) is 2.57. The van der Waals surface area contributed by atoms with Crippen molar-refractivity contribution < 1.29 is 22.3 Å². The molecule has 9 heteroatoms. The van der Waals surface area contributed by atoms with Crippen molar-refractivity contribution in [2.75, 3.05) is 13.7 Å². The number of amides is 1. The van der Waals surface area contributed by atoms with Gasteiger partial charge in [0.1, 0.15) is 10.7 Å². The van der Waals surface area contributed by atoms with Gasteiger partial charge in [-0.05, 0) is 41.9 Å². The predicted octanol–water partition coefficient (Wildman–Crippen LogP) is 2.67. The minimum atomic E-state index is -4.28. The molecule has 5 nitrogen and oxygen atoms in total. The highest BCUT2D eigenvalue weighted by Crippen LogP contribution is 2.26. The van der Waals surface area contributed by atoms with Crippen LogP contribution in [0.5, 0.6) is 0 Å². The Labute approximate surface area is 135 Å². The molecule has 118 valence electrons. The lowest BCUT2D eigenvalue weighted by Gasteiger charge is -2.23. The van der Waals surface area contributed by atoms with Crippen LogP contribution in [0.1, 0.15) is 24.2 Å². The Morgan fingerprint density at radius 2 is 2.05 bits per heavy atom. The molecule has 1 aromatic rings. The van der Waals surface area contributed by atoms with Crippen LogP contribution in [0.3, 0.4) is 0 Å². The van der Waals surface area contributed by atoms with Crippen molar-refractivity contribution in [2.45, 2.75) is 24.3 Å². The molecule has 0 heterocycles. The Balaban J connectivity index is 3.11. The molecule has 1 rings (SSSR count). The maximum atomic E-state index is 13.6. The monoisotopic (exact) mass is 401 g/mol. The van der Waals surface area contributed by atoms with E-state index in [1.807, 2.05) is 0 Å². The number of rotatable bonds is 5. The topological polar surface area (TPSA) is 72.5 Å². The molecule has 0 spiro atoms. The molecule has 0 bridgehead atoms. The van der Waals surface area contributed by atoms with Gasteiger partial charge in [-0.2, -0.15) is 0 Å². The maximum Gasteiger partial charge on any atom is 0.264 e. The normalized spacial score (nSPS) is 12.3. The van der Waals surface area contributed by atoms with Gasteiger partial charge in [-0.25, -0.2) is 12.8 Å². The summed E-state index contributed by atoms with van der Waals surface area (Å²) in [4.78, 5) is 11.3. The molecular formula is C12H14BrClFNO4S. The molecule has 21 heavy (non-hydrogen) atoms. The molecule has 0 atom stereocenters. The van der Waals surface area contributed by atoms with E-state index in [1.54, 1.807) is 13.8 Å². The standard InChI is InChI=1S/C12H14BrClFNO4S/c1-12(2,20-3)6-16-11(17)7-4-10(21(14,18)19)9(15)5-8(7)13/h4-5H,6H2,1-3H3,(H,16,17). The van der Waals surface area contributed by atoms with Crippen LogP contribution in [-0.4, -0.2) is 33.6 Å². The number of methoxy groups -OCH3 is 1. The van der Waals surface area contributed by atoms with E-state index in [1.165, 1.54) is 7.11 Å². The molecule has 0 aliphatic carbocycles. The summed E-state index contributed by atoms with van der Waals surface area (Å²) in [5.41, 5.74) is -0.633. The molecule has 0 aliphatic rings. The van der Waals surface area contributed by atoms with Gasteiger partial charge in [0, 0.05) is 28.8 Å². The number of nitrogens with one attached hydrogen (secondary N) is 1. The van der Waals surface area contributed by atoms with Crippen LogP contribution in [0.25, 0.3) is 0 Å². The number of hydrogen-bond donors (Lipinski definition) is 1. The van der Waals surface area contributed by atoms with Gasteiger partial charge in [-0.3, -0.25) is 4.79 Å². The SMILES string of the molecule is COC(C)(C)CNC(=O)c1cc(S(=O)(=O)Cl)c(F)cc1Br. The Hall–Kier alpha value is -0.700. The Kier molecular flexibility index (Phi) is 5.76. The van der Waals surface area contributed by atoms with Crippen molar-refractivity contribution in [1.29, 1.82) is 0 Å². The van der Waals surface area contributed by atoms with Gasteiger partial charge in [0.15, 0.2) is 0 Å². The van der Waals surface area contributed by atoms with Crippen LogP contribution < -0.4 is 5.32 Å². The first kappa shape index (κ1) is 18.3. The molecule has 0 unspecified atom stereocenters. The summed E-state index contributed by atoms with van der Waals surface area (Å²) in [5.74, 6) is -1.61. The summed E-state index contributed by atoms with van der Waals surface area (Å²) in [6, 6.07) is 1.77. The zero-order valence-corrected chi connectivity index (χ0v) is 14.7. The van der Waals surface area contributed by atoms with Crippen LogP contribution in [0.15, 0.2) is 21.5 Å². The van der Waals surface area contributed by atoms with E-state index >= 15 is 0 Å². The minimum absolute atomic E-state index is 0.0393. The molecule has 0 radical (unpaired) electrons. The van der Waals surface area contributed by atoms with Gasteiger partial charge in [0.05, 0.1) is 11.2 Å². The van der Waals surface area contributed by atoms with Crippen molar-refractivity contribution in [3.05, 3.63) is 28.0 Å². The van der Waals surface area contributed by atoms with E-state index in [-0.39, 0.29) is 16.6 Å². The molecule has 0 saturated carbocycles. The second-order valence-corrected chi connectivity index (χ2v) is 8.24. The number of carbonyl (C=O) groups is 1. The number of benzene rings is 1. The van der Waals surface area contributed by atoms with Gasteiger partial charge in [0.2, 0.25) is 0 Å². The summed E-state index contributed by atoms with van der Waals surface area (Å²) in [6.07, 6.45) is 0. The van der Waals surface area contributed by atoms with E-state index in [0.29, 0.717) is 0 Å². The fraction of sp³-hybridized carbons (Fsp3) is 0.417. The average Bonchev–Trinajstić information content (AvgIpc) is 2.34. The highest BCUT2D eigenvalue weighted by Gasteiger charge is 2.23. The lowest BCUT2D eigenvalue weighted by atomic mass is 10.1. The maximum absolute atomic E-state index is 13.6. The number of halogens is 3.